The van der Waals surface area contributed by atoms with Gasteiger partial charge in [0, 0.05) is 52.9 Å². The van der Waals surface area contributed by atoms with E-state index in [-0.39, 0.29) is 0 Å². The smallest absolute Gasteiger partial charge is 0.259 e. The zero-order chi connectivity index (χ0) is 25.4. The molecule has 5 rings (SSSR count). The predicted molar refractivity (Wildman–Crippen MR) is 141 cm³/mol. The van der Waals surface area contributed by atoms with Crippen LogP contribution in [0.4, 0.5) is 0 Å². The van der Waals surface area contributed by atoms with Crippen LogP contribution in [0.2, 0.25) is 0 Å². The number of para-hydroxylation sites is 1. The minimum atomic E-state index is -0.611. The summed E-state index contributed by atoms with van der Waals surface area (Å²) in [7, 11) is 1.58. The van der Waals surface area contributed by atoms with Crippen molar-refractivity contribution in [3.63, 3.8) is 0 Å². The lowest BCUT2D eigenvalue weighted by molar-refractivity contribution is -0.122. The fourth-order valence-corrected chi connectivity index (χ4v) is 5.14. The molecule has 186 valence electrons. The zero-order valence-corrected chi connectivity index (χ0v) is 20.7. The molecule has 2 aromatic carbocycles. The second-order valence-corrected chi connectivity index (χ2v) is 8.97. The van der Waals surface area contributed by atoms with Gasteiger partial charge in [-0.25, -0.2) is 0 Å². The highest BCUT2D eigenvalue weighted by molar-refractivity contribution is 6.51. The summed E-state index contributed by atoms with van der Waals surface area (Å²) >= 11 is 0. The number of benzene rings is 2. The number of amides is 2. The molecule has 0 aliphatic carbocycles. The van der Waals surface area contributed by atoms with E-state index in [9.17, 15) is 14.7 Å². The molecule has 1 aliphatic rings. The number of fused-ring (bicyclic) bond motifs is 2. The van der Waals surface area contributed by atoms with Gasteiger partial charge in [0.25, 0.3) is 11.8 Å². The van der Waals surface area contributed by atoms with Crippen LogP contribution in [0.3, 0.4) is 0 Å². The molecular weight excluding hydrogens is 456 g/mol. The first-order chi connectivity index (χ1) is 17.5. The van der Waals surface area contributed by atoms with Crippen LogP contribution in [0.15, 0.2) is 54.9 Å². The zero-order valence-electron chi connectivity index (χ0n) is 20.7. The molecule has 2 aromatic heterocycles. The maximum Gasteiger partial charge on any atom is 0.259 e. The van der Waals surface area contributed by atoms with Crippen molar-refractivity contribution >= 4 is 44.8 Å². The Hall–Kier alpha value is -3.88. The van der Waals surface area contributed by atoms with E-state index in [0.717, 1.165) is 34.9 Å². The summed E-state index contributed by atoms with van der Waals surface area (Å²) in [5.41, 5.74) is 3.59. The topological polar surface area (TPSA) is 99.6 Å². The number of carbonyl (C=O) groups excluding carboxylic acids is 2. The molecule has 2 amide bonds. The molecule has 8 heteroatoms. The summed E-state index contributed by atoms with van der Waals surface area (Å²) in [4.78, 5) is 31.7. The van der Waals surface area contributed by atoms with E-state index in [4.69, 9.17) is 4.74 Å². The maximum atomic E-state index is 13.2. The Morgan fingerprint density at radius 1 is 1.00 bits per heavy atom. The molecule has 0 bridgehead atoms. The van der Waals surface area contributed by atoms with Gasteiger partial charge in [0.15, 0.2) is 0 Å². The molecule has 0 fully saturated rings. The fourth-order valence-electron chi connectivity index (χ4n) is 5.14. The summed E-state index contributed by atoms with van der Waals surface area (Å²) in [5.74, 6) is -0.288. The summed E-state index contributed by atoms with van der Waals surface area (Å²) in [6, 6.07) is 13.3. The quantitative estimate of drug-likeness (QED) is 0.315. The summed E-state index contributed by atoms with van der Waals surface area (Å²) in [6.45, 7) is 6.71. The second kappa shape index (κ2) is 9.64. The third kappa shape index (κ3) is 3.98. The Kier molecular flexibility index (Phi) is 6.38. The number of rotatable bonds is 9. The van der Waals surface area contributed by atoms with Crippen LogP contribution in [0.1, 0.15) is 25.0 Å². The van der Waals surface area contributed by atoms with Gasteiger partial charge < -0.3 is 24.3 Å². The van der Waals surface area contributed by atoms with E-state index in [2.05, 4.69) is 29.0 Å². The highest BCUT2D eigenvalue weighted by Crippen LogP contribution is 2.41. The molecule has 36 heavy (non-hydrogen) atoms. The average Bonchev–Trinajstić information content (AvgIpc) is 3.55. The molecule has 0 saturated carbocycles. The Morgan fingerprint density at radius 2 is 1.72 bits per heavy atom. The van der Waals surface area contributed by atoms with Crippen molar-refractivity contribution in [2.45, 2.75) is 26.5 Å². The van der Waals surface area contributed by atoms with Crippen LogP contribution in [-0.2, 0) is 16.1 Å². The highest BCUT2D eigenvalue weighted by Gasteiger charge is 2.35. The number of hydrogen-bond acceptors (Lipinski definition) is 5. The Morgan fingerprint density at radius 3 is 2.44 bits per heavy atom. The lowest BCUT2D eigenvalue weighted by Crippen LogP contribution is -2.34. The second-order valence-electron chi connectivity index (χ2n) is 8.97. The number of nitrogens with one attached hydrogen (secondary N) is 2. The number of aromatic amines is 1. The molecule has 3 heterocycles. The fraction of sp³-hybridized carbons (Fsp3) is 0.286. The molecule has 0 saturated heterocycles. The van der Waals surface area contributed by atoms with Crippen molar-refractivity contribution in [3.8, 4) is 5.75 Å². The van der Waals surface area contributed by atoms with Gasteiger partial charge in [0.1, 0.15) is 5.75 Å². The Balaban J connectivity index is 1.70. The summed E-state index contributed by atoms with van der Waals surface area (Å²) in [5, 5.41) is 14.9. The van der Waals surface area contributed by atoms with Gasteiger partial charge >= 0.3 is 0 Å². The van der Waals surface area contributed by atoms with Crippen LogP contribution in [-0.4, -0.2) is 64.2 Å². The number of methoxy groups -OCH3 is 1. The van der Waals surface area contributed by atoms with Gasteiger partial charge in [-0.15, -0.1) is 0 Å². The van der Waals surface area contributed by atoms with Gasteiger partial charge in [0.05, 0.1) is 29.9 Å². The number of aliphatic hydroxyl groups is 1. The van der Waals surface area contributed by atoms with E-state index in [1.165, 1.54) is 0 Å². The normalized spacial score (nSPS) is 14.9. The first-order valence-electron chi connectivity index (χ1n) is 12.2. The first kappa shape index (κ1) is 23.8. The van der Waals surface area contributed by atoms with Gasteiger partial charge in [-0.2, -0.15) is 0 Å². The molecular formula is C28H30N4O4. The van der Waals surface area contributed by atoms with Gasteiger partial charge in [-0.05, 0) is 31.3 Å². The Labute approximate surface area is 209 Å². The van der Waals surface area contributed by atoms with Crippen LogP contribution in [0, 0.1) is 0 Å². The number of H-pyrrole nitrogens is 1. The largest absolute Gasteiger partial charge is 0.496 e. The van der Waals surface area contributed by atoms with Gasteiger partial charge in [0.2, 0.25) is 0 Å². The van der Waals surface area contributed by atoms with Crippen molar-refractivity contribution in [2.24, 2.45) is 0 Å². The Bertz CT molecular complexity index is 1490. The monoisotopic (exact) mass is 486 g/mol. The maximum absolute atomic E-state index is 13.2. The molecule has 1 atom stereocenters. The van der Waals surface area contributed by atoms with E-state index in [1.54, 1.807) is 13.3 Å². The van der Waals surface area contributed by atoms with Crippen molar-refractivity contribution < 1.29 is 19.4 Å². The third-order valence-electron chi connectivity index (χ3n) is 6.92. The molecule has 1 aliphatic heterocycles. The average molecular weight is 487 g/mol. The molecule has 3 N–H and O–H groups in total. The van der Waals surface area contributed by atoms with Crippen LogP contribution >= 0.6 is 0 Å². The van der Waals surface area contributed by atoms with Gasteiger partial charge in [-0.3, -0.25) is 14.9 Å². The van der Waals surface area contributed by atoms with Crippen LogP contribution in [0.5, 0.6) is 5.75 Å². The summed E-state index contributed by atoms with van der Waals surface area (Å²) < 4.78 is 7.62. The molecule has 8 nitrogen and oxygen atoms in total. The molecule has 0 radical (unpaired) electrons. The lowest BCUT2D eigenvalue weighted by atomic mass is 9.95. The van der Waals surface area contributed by atoms with E-state index in [0.29, 0.717) is 41.1 Å². The van der Waals surface area contributed by atoms with E-state index in [1.807, 2.05) is 53.2 Å². The lowest BCUT2D eigenvalue weighted by Gasteiger charge is -2.22. The van der Waals surface area contributed by atoms with Crippen LogP contribution < -0.4 is 10.1 Å². The molecule has 0 spiro atoms. The molecule has 4 aromatic rings. The van der Waals surface area contributed by atoms with E-state index >= 15 is 0 Å². The first-order valence-corrected chi connectivity index (χ1v) is 12.2. The van der Waals surface area contributed by atoms with Crippen molar-refractivity contribution in [2.75, 3.05) is 26.7 Å². The summed E-state index contributed by atoms with van der Waals surface area (Å²) in [6.07, 6.45) is 3.00. The van der Waals surface area contributed by atoms with Crippen LogP contribution in [0.25, 0.3) is 33.0 Å². The number of imide groups is 1. The number of nitrogens with zero attached hydrogens (tertiary/aromatic N) is 2. The number of ether oxygens (including phenoxy) is 1. The number of aliphatic hydroxyl groups excluding tert-OH is 1. The van der Waals surface area contributed by atoms with Crippen molar-refractivity contribution in [1.29, 1.82) is 0 Å². The minimum absolute atomic E-state index is 0.302. The van der Waals surface area contributed by atoms with Crippen molar-refractivity contribution in [3.05, 3.63) is 66.0 Å². The van der Waals surface area contributed by atoms with Crippen molar-refractivity contribution in [1.82, 2.24) is 19.8 Å². The number of likely N-dealkylation sites (N-methyl/N-ethyl adjacent to an activating group) is 1. The standard InChI is InChI=1S/C28H30N4O4/c1-4-31(5-2)14-17(33)15-32-16-20(24-22(32)11-8-12-23(24)36-3)26-25(27(34)30-28(26)35)19-13-29-21-10-7-6-9-18(19)21/h6-13,16-17,29,33H,4-5,14-15H2,1-3H3,(H,30,34,35). The highest BCUT2D eigenvalue weighted by atomic mass is 16.5. The predicted octanol–water partition coefficient (Wildman–Crippen LogP) is 3.40. The number of aromatic nitrogens is 2. The van der Waals surface area contributed by atoms with E-state index < -0.39 is 17.9 Å². The van der Waals surface area contributed by atoms with Gasteiger partial charge in [-0.1, -0.05) is 38.1 Å². The third-order valence-corrected chi connectivity index (χ3v) is 6.92. The SMILES string of the molecule is CCN(CC)CC(O)Cn1cc(C2=C(c3c[nH]c4ccccc34)C(=O)NC2=O)c2c(OC)cccc21. The number of carbonyl (C=O) groups is 2. The molecule has 1 unspecified atom stereocenters. The minimum Gasteiger partial charge on any atom is -0.496 e. The number of hydrogen-bond donors (Lipinski definition) is 3.